The summed E-state index contributed by atoms with van der Waals surface area (Å²) in [5, 5.41) is 67.4. The minimum Gasteiger partial charge on any atom is -0.505 e. The summed E-state index contributed by atoms with van der Waals surface area (Å²) in [5.74, 6) is -4.25. The van der Waals surface area contributed by atoms with E-state index < -0.39 is 34.5 Å². The highest BCUT2D eigenvalue weighted by atomic mass is 16.5. The minimum atomic E-state index is -0.862. The number of phenolic OH excluding ortho intramolecular Hbond substituents is 6. The maximum Gasteiger partial charge on any atom is 0.202 e. The van der Waals surface area contributed by atoms with Crippen LogP contribution >= 0.6 is 0 Å². The first-order valence-corrected chi connectivity index (χ1v) is 5.39. The van der Waals surface area contributed by atoms with E-state index in [2.05, 4.69) is 0 Å². The molecule has 0 bridgehead atoms. The molecule has 0 aliphatic heterocycles. The summed E-state index contributed by atoms with van der Waals surface area (Å²) >= 11 is 0. The largest absolute Gasteiger partial charge is 0.505 e. The Morgan fingerprint density at radius 3 is 1.90 bits per heavy atom. The van der Waals surface area contributed by atoms with E-state index in [-0.39, 0.29) is 21.8 Å². The Bertz CT molecular complexity index is 881. The molecule has 0 amide bonds. The van der Waals surface area contributed by atoms with Crippen molar-refractivity contribution in [3.8, 4) is 34.5 Å². The Morgan fingerprint density at radius 1 is 0.650 bits per heavy atom. The first-order chi connectivity index (χ1) is 9.34. The quantitative estimate of drug-likeness (QED) is 0.186. The molecule has 1 aromatic heterocycles. The Kier molecular flexibility index (Phi) is 2.05. The predicted molar refractivity (Wildman–Crippen MR) is 66.6 cm³/mol. The number of aromatic hydroxyl groups is 6. The monoisotopic (exact) mass is 279 g/mol. The van der Waals surface area contributed by atoms with Crippen LogP contribution in [0.2, 0.25) is 0 Å². The van der Waals surface area contributed by atoms with Crippen LogP contribution in [0.3, 0.4) is 0 Å². The number of aromatic nitrogens is 1. The van der Waals surface area contributed by atoms with Gasteiger partial charge in [0, 0.05) is 11.5 Å². The molecule has 3 rings (SSSR count). The zero-order valence-electron chi connectivity index (χ0n) is 9.73. The van der Waals surface area contributed by atoms with Gasteiger partial charge < -0.3 is 35.8 Å². The van der Waals surface area contributed by atoms with Gasteiger partial charge in [-0.3, -0.25) is 0 Å². The van der Waals surface area contributed by atoms with E-state index in [0.29, 0.717) is 4.73 Å². The lowest BCUT2D eigenvalue weighted by atomic mass is 10.1. The average Bonchev–Trinajstić information content (AvgIpc) is 2.67. The molecule has 20 heavy (non-hydrogen) atoms. The van der Waals surface area contributed by atoms with Crippen molar-refractivity contribution >= 4 is 21.8 Å². The molecule has 0 radical (unpaired) electrons. The van der Waals surface area contributed by atoms with Gasteiger partial charge in [0.1, 0.15) is 16.8 Å². The molecular formula is C12H9NO7. The van der Waals surface area contributed by atoms with Crippen LogP contribution in [0.1, 0.15) is 0 Å². The number of benzene rings is 2. The van der Waals surface area contributed by atoms with Crippen molar-refractivity contribution in [3.05, 3.63) is 12.1 Å². The Hall–Kier alpha value is -3.16. The van der Waals surface area contributed by atoms with Crippen LogP contribution in [0.25, 0.3) is 21.8 Å². The second kappa shape index (κ2) is 3.44. The third-order valence-electron chi connectivity index (χ3n) is 3.15. The number of phenols is 6. The van der Waals surface area contributed by atoms with Crippen molar-refractivity contribution in [2.24, 2.45) is 0 Å². The first kappa shape index (κ1) is 11.9. The fourth-order valence-electron chi connectivity index (χ4n) is 2.26. The molecule has 0 fully saturated rings. The highest BCUT2D eigenvalue weighted by Crippen LogP contribution is 2.50. The molecule has 1 heterocycles. The van der Waals surface area contributed by atoms with Crippen LogP contribution in [0, 0.1) is 0 Å². The zero-order valence-corrected chi connectivity index (χ0v) is 9.73. The van der Waals surface area contributed by atoms with Crippen molar-refractivity contribution < 1.29 is 35.8 Å². The lowest BCUT2D eigenvalue weighted by Gasteiger charge is -2.03. The van der Waals surface area contributed by atoms with Crippen molar-refractivity contribution in [2.45, 2.75) is 0 Å². The van der Waals surface area contributed by atoms with E-state index in [1.807, 2.05) is 0 Å². The average molecular weight is 279 g/mol. The van der Waals surface area contributed by atoms with Gasteiger partial charge in [-0.05, 0) is 6.07 Å². The van der Waals surface area contributed by atoms with Gasteiger partial charge in [0.05, 0.1) is 5.39 Å². The lowest BCUT2D eigenvalue weighted by Crippen LogP contribution is -1.90. The predicted octanol–water partition coefficient (Wildman–Crippen LogP) is 1.27. The molecule has 0 atom stereocenters. The summed E-state index contributed by atoms with van der Waals surface area (Å²) in [5.41, 5.74) is -0.637. The van der Waals surface area contributed by atoms with Gasteiger partial charge in [0.15, 0.2) is 23.0 Å². The third-order valence-corrected chi connectivity index (χ3v) is 3.15. The highest BCUT2D eigenvalue weighted by Gasteiger charge is 2.25. The van der Waals surface area contributed by atoms with Crippen LogP contribution in [-0.2, 0) is 0 Å². The van der Waals surface area contributed by atoms with Crippen molar-refractivity contribution in [1.82, 2.24) is 4.73 Å². The van der Waals surface area contributed by atoms with Gasteiger partial charge in [-0.15, -0.1) is 0 Å². The summed E-state index contributed by atoms with van der Waals surface area (Å²) in [7, 11) is 0. The van der Waals surface area contributed by atoms with Crippen LogP contribution < -0.4 is 0 Å². The molecule has 8 heteroatoms. The fourth-order valence-corrected chi connectivity index (χ4v) is 2.26. The number of hydrogen-bond acceptors (Lipinski definition) is 7. The minimum absolute atomic E-state index is 0.0704. The van der Waals surface area contributed by atoms with E-state index in [1.165, 1.54) is 0 Å². The first-order valence-electron chi connectivity index (χ1n) is 5.39. The van der Waals surface area contributed by atoms with Gasteiger partial charge in [0.25, 0.3) is 0 Å². The highest BCUT2D eigenvalue weighted by molar-refractivity contribution is 6.16. The molecular weight excluding hydrogens is 270 g/mol. The molecule has 0 saturated carbocycles. The third kappa shape index (κ3) is 1.19. The normalized spacial score (nSPS) is 11.4. The van der Waals surface area contributed by atoms with Crippen LogP contribution in [0.15, 0.2) is 12.1 Å². The Labute approximate surface area is 110 Å². The van der Waals surface area contributed by atoms with Crippen LogP contribution in [-0.4, -0.2) is 40.6 Å². The molecule has 7 N–H and O–H groups in total. The summed E-state index contributed by atoms with van der Waals surface area (Å²) in [6.45, 7) is 0. The van der Waals surface area contributed by atoms with E-state index in [0.717, 1.165) is 12.1 Å². The van der Waals surface area contributed by atoms with Gasteiger partial charge in [0.2, 0.25) is 5.75 Å². The van der Waals surface area contributed by atoms with Gasteiger partial charge >= 0.3 is 0 Å². The molecule has 0 unspecified atom stereocenters. The smallest absolute Gasteiger partial charge is 0.202 e. The molecule has 3 aromatic rings. The number of fused-ring (bicyclic) bond motifs is 3. The second-order valence-corrected chi connectivity index (χ2v) is 4.29. The van der Waals surface area contributed by atoms with E-state index in [9.17, 15) is 35.8 Å². The fraction of sp³-hybridized carbons (Fsp3) is 0. The lowest BCUT2D eigenvalue weighted by molar-refractivity contribution is 0.208. The summed E-state index contributed by atoms with van der Waals surface area (Å²) in [6, 6.07) is 1.78. The summed E-state index contributed by atoms with van der Waals surface area (Å²) in [6.07, 6.45) is 0. The molecule has 0 aliphatic carbocycles. The topological polar surface area (TPSA) is 147 Å². The van der Waals surface area contributed by atoms with Gasteiger partial charge in [-0.25, -0.2) is 0 Å². The molecule has 2 aromatic carbocycles. The second-order valence-electron chi connectivity index (χ2n) is 4.29. The molecule has 8 nitrogen and oxygen atoms in total. The summed E-state index contributed by atoms with van der Waals surface area (Å²) < 4.78 is 0.341. The van der Waals surface area contributed by atoms with E-state index in [1.54, 1.807) is 0 Å². The zero-order chi connectivity index (χ0) is 14.8. The van der Waals surface area contributed by atoms with Crippen LogP contribution in [0.5, 0.6) is 34.5 Å². The molecule has 0 spiro atoms. The molecule has 104 valence electrons. The Balaban J connectivity index is 2.73. The number of hydrogen-bond donors (Lipinski definition) is 7. The molecule has 0 saturated heterocycles. The van der Waals surface area contributed by atoms with Crippen molar-refractivity contribution in [1.29, 1.82) is 0 Å². The van der Waals surface area contributed by atoms with E-state index >= 15 is 0 Å². The maximum absolute atomic E-state index is 9.95. The van der Waals surface area contributed by atoms with Crippen LogP contribution in [0.4, 0.5) is 0 Å². The number of rotatable bonds is 0. The van der Waals surface area contributed by atoms with Gasteiger partial charge in [-0.1, -0.05) is 0 Å². The maximum atomic E-state index is 9.95. The summed E-state index contributed by atoms with van der Waals surface area (Å²) in [4.78, 5) is 0. The SMILES string of the molecule is Oc1cc2c3c(O)c(O)cc(O)c3n(O)c2c(O)c1O. The van der Waals surface area contributed by atoms with E-state index in [4.69, 9.17) is 0 Å². The van der Waals surface area contributed by atoms with Crippen molar-refractivity contribution in [2.75, 3.05) is 0 Å². The molecule has 0 aliphatic rings. The number of nitrogens with zero attached hydrogens (tertiary/aromatic N) is 1. The Morgan fingerprint density at radius 2 is 1.25 bits per heavy atom. The standard InChI is InChI=1S/C12H9NO7/c14-4-2-6(16)10(17)7-3-1-5(15)11(18)12(19)8(3)13(20)9(4)7/h1-2,14-20H. The van der Waals surface area contributed by atoms with Gasteiger partial charge in [-0.2, -0.15) is 4.73 Å². The van der Waals surface area contributed by atoms with Crippen molar-refractivity contribution in [3.63, 3.8) is 0 Å².